The lowest BCUT2D eigenvalue weighted by molar-refractivity contribution is 1.27. The summed E-state index contributed by atoms with van der Waals surface area (Å²) in [7, 11) is 0. The molecule has 6 aromatic rings. The zero-order chi connectivity index (χ0) is 22.2. The Morgan fingerprint density at radius 2 is 1.03 bits per heavy atom. The normalized spacial score (nSPS) is 11.2. The fourth-order valence-electron chi connectivity index (χ4n) is 4.97. The van der Waals surface area contributed by atoms with E-state index in [9.17, 15) is 0 Å². The molecule has 0 aliphatic rings. The van der Waals surface area contributed by atoms with Crippen LogP contribution in [-0.2, 0) is 0 Å². The van der Waals surface area contributed by atoms with Crippen LogP contribution >= 0.6 is 0 Å². The number of aryl methyl sites for hydroxylation is 1. The van der Waals surface area contributed by atoms with Gasteiger partial charge in [0.1, 0.15) is 0 Å². The summed E-state index contributed by atoms with van der Waals surface area (Å²) in [6.45, 7) is 2.13. The summed E-state index contributed by atoms with van der Waals surface area (Å²) < 4.78 is 0. The van der Waals surface area contributed by atoms with Gasteiger partial charge in [-0.1, -0.05) is 97.1 Å². The number of hydrogen-bond donors (Lipinski definition) is 0. The minimum atomic E-state index is 1.18. The van der Waals surface area contributed by atoms with Crippen molar-refractivity contribution in [2.45, 2.75) is 6.92 Å². The molecule has 156 valence electrons. The molecule has 1 heterocycles. The average molecular weight is 422 g/mol. The number of aromatic nitrogens is 1. The maximum Gasteiger partial charge on any atom is 0.0303 e. The van der Waals surface area contributed by atoms with Crippen molar-refractivity contribution in [2.75, 3.05) is 0 Å². The van der Waals surface area contributed by atoms with Gasteiger partial charge in [0, 0.05) is 12.4 Å². The van der Waals surface area contributed by atoms with Crippen LogP contribution in [0.2, 0.25) is 0 Å². The van der Waals surface area contributed by atoms with Gasteiger partial charge in [-0.2, -0.15) is 0 Å². The predicted molar refractivity (Wildman–Crippen MR) is 140 cm³/mol. The largest absolute Gasteiger partial charge is 0.264 e. The van der Waals surface area contributed by atoms with Gasteiger partial charge in [0.25, 0.3) is 0 Å². The highest BCUT2D eigenvalue weighted by Gasteiger charge is 2.17. The van der Waals surface area contributed by atoms with Crippen LogP contribution in [-0.4, -0.2) is 4.98 Å². The van der Waals surface area contributed by atoms with Gasteiger partial charge >= 0.3 is 0 Å². The second-order valence-electron chi connectivity index (χ2n) is 8.48. The Morgan fingerprint density at radius 1 is 0.485 bits per heavy atom. The molecule has 1 nitrogen and oxygen atoms in total. The van der Waals surface area contributed by atoms with Crippen molar-refractivity contribution >= 4 is 21.5 Å². The first-order chi connectivity index (χ1) is 16.3. The van der Waals surface area contributed by atoms with E-state index < -0.39 is 0 Å². The van der Waals surface area contributed by atoms with E-state index >= 15 is 0 Å². The van der Waals surface area contributed by atoms with Crippen molar-refractivity contribution < 1.29 is 0 Å². The summed E-state index contributed by atoms with van der Waals surface area (Å²) in [6.07, 6.45) is 3.81. The molecule has 0 atom stereocenters. The zero-order valence-corrected chi connectivity index (χ0v) is 18.5. The van der Waals surface area contributed by atoms with Crippen LogP contribution in [0.25, 0.3) is 54.9 Å². The second-order valence-corrected chi connectivity index (χ2v) is 8.48. The summed E-state index contributed by atoms with van der Waals surface area (Å²) in [5, 5.41) is 5.10. The summed E-state index contributed by atoms with van der Waals surface area (Å²) in [5.41, 5.74) is 8.68. The van der Waals surface area contributed by atoms with Crippen molar-refractivity contribution in [3.05, 3.63) is 127 Å². The van der Waals surface area contributed by atoms with Gasteiger partial charge in [-0.15, -0.1) is 0 Å². The lowest BCUT2D eigenvalue weighted by Gasteiger charge is -2.19. The number of benzene rings is 5. The standard InChI is InChI=1S/C32H23N/c1-22-21-33-19-18-26(22)25-16-17-29-30(20-25)32(24-12-6-3-7-13-24)28-15-9-8-14-27(28)31(29)23-10-4-2-5-11-23/h2-21H,1H3. The van der Waals surface area contributed by atoms with Crippen LogP contribution in [0, 0.1) is 6.92 Å². The molecule has 0 amide bonds. The molecule has 0 aliphatic heterocycles. The van der Waals surface area contributed by atoms with Gasteiger partial charge in [-0.3, -0.25) is 4.98 Å². The van der Waals surface area contributed by atoms with Gasteiger partial charge in [0.2, 0.25) is 0 Å². The van der Waals surface area contributed by atoms with Gasteiger partial charge in [0.05, 0.1) is 0 Å². The fraction of sp³-hybridized carbons (Fsp3) is 0.0312. The van der Waals surface area contributed by atoms with Crippen LogP contribution in [0.1, 0.15) is 5.56 Å². The average Bonchev–Trinajstić information content (AvgIpc) is 2.88. The molecule has 1 aromatic heterocycles. The molecule has 0 spiro atoms. The number of fused-ring (bicyclic) bond motifs is 2. The Balaban J connectivity index is 1.80. The van der Waals surface area contributed by atoms with Gasteiger partial charge < -0.3 is 0 Å². The third-order valence-corrected chi connectivity index (χ3v) is 6.48. The highest BCUT2D eigenvalue weighted by molar-refractivity contribution is 6.21. The van der Waals surface area contributed by atoms with Crippen molar-refractivity contribution in [1.82, 2.24) is 4.98 Å². The molecule has 6 rings (SSSR count). The zero-order valence-electron chi connectivity index (χ0n) is 18.5. The number of nitrogens with zero attached hydrogens (tertiary/aromatic N) is 1. The van der Waals surface area contributed by atoms with Gasteiger partial charge in [-0.25, -0.2) is 0 Å². The van der Waals surface area contributed by atoms with E-state index in [4.69, 9.17) is 0 Å². The highest BCUT2D eigenvalue weighted by Crippen LogP contribution is 2.44. The van der Waals surface area contributed by atoms with Crippen molar-refractivity contribution in [3.63, 3.8) is 0 Å². The summed E-state index contributed by atoms with van der Waals surface area (Å²) in [4.78, 5) is 4.29. The highest BCUT2D eigenvalue weighted by atomic mass is 14.6. The SMILES string of the molecule is Cc1cnccc1-c1ccc2c(-c3ccccc3)c3ccccc3c(-c3ccccc3)c2c1. The first-order valence-electron chi connectivity index (χ1n) is 11.3. The van der Waals surface area contributed by atoms with Crippen molar-refractivity contribution in [1.29, 1.82) is 0 Å². The summed E-state index contributed by atoms with van der Waals surface area (Å²) >= 11 is 0. The molecule has 0 fully saturated rings. The van der Waals surface area contributed by atoms with Crippen LogP contribution in [0.5, 0.6) is 0 Å². The molecule has 0 unspecified atom stereocenters. The van der Waals surface area contributed by atoms with E-state index in [0.29, 0.717) is 0 Å². The molecule has 0 bridgehead atoms. The first-order valence-corrected chi connectivity index (χ1v) is 11.3. The Bertz CT molecular complexity index is 1600. The van der Waals surface area contributed by atoms with Crippen LogP contribution in [0.15, 0.2) is 122 Å². The first kappa shape index (κ1) is 19.5. The molecular weight excluding hydrogens is 398 g/mol. The topological polar surface area (TPSA) is 12.9 Å². The third-order valence-electron chi connectivity index (χ3n) is 6.48. The Hall–Kier alpha value is -4.23. The Kier molecular flexibility index (Phi) is 4.74. The summed E-state index contributed by atoms with van der Waals surface area (Å²) in [5.74, 6) is 0. The van der Waals surface area contributed by atoms with E-state index in [1.165, 1.54) is 60.5 Å². The molecule has 0 saturated heterocycles. The molecule has 0 saturated carbocycles. The monoisotopic (exact) mass is 421 g/mol. The molecule has 1 heteroatoms. The lowest BCUT2D eigenvalue weighted by atomic mass is 9.85. The minimum absolute atomic E-state index is 1.18. The second kappa shape index (κ2) is 8.03. The van der Waals surface area contributed by atoms with Gasteiger partial charge in [0.15, 0.2) is 0 Å². The quantitative estimate of drug-likeness (QED) is 0.260. The van der Waals surface area contributed by atoms with E-state index in [2.05, 4.69) is 121 Å². The molecule has 5 aromatic carbocycles. The smallest absolute Gasteiger partial charge is 0.0303 e. The van der Waals surface area contributed by atoms with E-state index in [0.717, 1.165) is 0 Å². The summed E-state index contributed by atoms with van der Waals surface area (Å²) in [6, 6.07) is 39.3. The number of pyridine rings is 1. The van der Waals surface area contributed by atoms with Crippen LogP contribution in [0.4, 0.5) is 0 Å². The maximum absolute atomic E-state index is 4.29. The lowest BCUT2D eigenvalue weighted by Crippen LogP contribution is -1.92. The maximum atomic E-state index is 4.29. The Morgan fingerprint density at radius 3 is 1.64 bits per heavy atom. The number of rotatable bonds is 3. The minimum Gasteiger partial charge on any atom is -0.264 e. The number of hydrogen-bond acceptors (Lipinski definition) is 1. The van der Waals surface area contributed by atoms with E-state index in [1.807, 2.05) is 12.4 Å². The van der Waals surface area contributed by atoms with Crippen LogP contribution < -0.4 is 0 Å². The van der Waals surface area contributed by atoms with Crippen molar-refractivity contribution in [2.24, 2.45) is 0 Å². The van der Waals surface area contributed by atoms with E-state index in [1.54, 1.807) is 0 Å². The third kappa shape index (κ3) is 3.30. The molecule has 0 aliphatic carbocycles. The molecule has 33 heavy (non-hydrogen) atoms. The molecule has 0 radical (unpaired) electrons. The predicted octanol–water partition coefficient (Wildman–Crippen LogP) is 8.70. The molecular formula is C32H23N. The van der Waals surface area contributed by atoms with Gasteiger partial charge in [-0.05, 0) is 79.5 Å². The molecule has 0 N–H and O–H groups in total. The van der Waals surface area contributed by atoms with Crippen LogP contribution in [0.3, 0.4) is 0 Å². The van der Waals surface area contributed by atoms with E-state index in [-0.39, 0.29) is 0 Å². The Labute approximate surface area is 194 Å². The van der Waals surface area contributed by atoms with Crippen molar-refractivity contribution in [3.8, 4) is 33.4 Å². The fourth-order valence-corrected chi connectivity index (χ4v) is 4.97.